The summed E-state index contributed by atoms with van der Waals surface area (Å²) in [7, 11) is 0. The van der Waals surface area contributed by atoms with Crippen LogP contribution in [-0.4, -0.2) is 14.7 Å². The Hall–Kier alpha value is -1.00. The molecule has 2 rings (SSSR count). The maximum atomic E-state index is 2.35. The molecule has 0 saturated heterocycles. The molecule has 0 aliphatic rings. The minimum absolute atomic E-state index is 0.765. The van der Waals surface area contributed by atoms with Gasteiger partial charge in [0.15, 0.2) is 0 Å². The normalized spacial score (nSPS) is 12.7. The Kier molecular flexibility index (Phi) is 4.88. The molecule has 0 aliphatic heterocycles. The van der Waals surface area contributed by atoms with Crippen LogP contribution in [0.25, 0.3) is 0 Å². The third-order valence-electron chi connectivity index (χ3n) is 3.30. The van der Waals surface area contributed by atoms with Crippen LogP contribution in [0.4, 0.5) is 0 Å². The van der Waals surface area contributed by atoms with Gasteiger partial charge in [0.05, 0.1) is 0 Å². The average Bonchev–Trinajstić information content (AvgIpc) is 2.38. The number of hydrogen-bond acceptors (Lipinski definition) is 0. The van der Waals surface area contributed by atoms with E-state index in [0.29, 0.717) is 0 Å². The van der Waals surface area contributed by atoms with Crippen molar-refractivity contribution >= 4 is 23.4 Å². The van der Waals surface area contributed by atoms with Gasteiger partial charge in [-0.15, -0.1) is 0 Å². The first-order valence-electron chi connectivity index (χ1n) is 6.98. The minimum atomic E-state index is -1.15. The van der Waals surface area contributed by atoms with Gasteiger partial charge in [-0.25, -0.2) is 0 Å². The summed E-state index contributed by atoms with van der Waals surface area (Å²) in [6, 6.07) is 18.2. The van der Waals surface area contributed by atoms with Crippen LogP contribution in [0.15, 0.2) is 48.5 Å². The quantitative estimate of drug-likeness (QED) is 0.757. The predicted molar refractivity (Wildman–Crippen MR) is 87.0 cm³/mol. The van der Waals surface area contributed by atoms with Crippen molar-refractivity contribution in [1.29, 1.82) is 0 Å². The van der Waals surface area contributed by atoms with E-state index in [9.17, 15) is 0 Å². The summed E-state index contributed by atoms with van der Waals surface area (Å²) >= 11 is -1.15. The van der Waals surface area contributed by atoms with E-state index in [1.807, 2.05) is 0 Å². The van der Waals surface area contributed by atoms with Gasteiger partial charge in [-0.2, -0.15) is 0 Å². The summed E-state index contributed by atoms with van der Waals surface area (Å²) in [5.41, 5.74) is 2.82. The molecule has 0 N–H and O–H groups in total. The van der Waals surface area contributed by atoms with E-state index in [-0.39, 0.29) is 0 Å². The Labute approximate surface area is 122 Å². The van der Waals surface area contributed by atoms with Gasteiger partial charge in [0.1, 0.15) is 0 Å². The molecule has 0 fully saturated rings. The zero-order chi connectivity index (χ0) is 13.8. The van der Waals surface area contributed by atoms with Gasteiger partial charge in [-0.3, -0.25) is 0 Å². The van der Waals surface area contributed by atoms with Gasteiger partial charge < -0.3 is 0 Å². The van der Waals surface area contributed by atoms with E-state index in [1.54, 1.807) is 8.70 Å². The zero-order valence-electron chi connectivity index (χ0n) is 12.4. The van der Waals surface area contributed by atoms with Gasteiger partial charge in [0.2, 0.25) is 0 Å². The first kappa shape index (κ1) is 14.4. The van der Waals surface area contributed by atoms with Gasteiger partial charge in [-0.1, -0.05) is 0 Å². The Morgan fingerprint density at radius 3 is 2.11 bits per heavy atom. The average molecular weight is 314 g/mol. The predicted octanol–water partition coefficient (Wildman–Crippen LogP) is 3.57. The second kappa shape index (κ2) is 6.44. The molecule has 1 atom stereocenters. The standard InChI is InChI=1S/C18H23As/c1-14(2)13-19(17-11-9-15(3)10-12-17)18-8-6-5-7-16(18)4/h5-12,14H,13H2,1-4H3. The van der Waals surface area contributed by atoms with Crippen LogP contribution in [0.3, 0.4) is 0 Å². The molecule has 0 heterocycles. The maximum absolute atomic E-state index is 2.35. The van der Waals surface area contributed by atoms with Gasteiger partial charge in [0, 0.05) is 0 Å². The van der Waals surface area contributed by atoms with Crippen molar-refractivity contribution in [2.75, 3.05) is 0 Å². The fraction of sp³-hybridized carbons (Fsp3) is 0.333. The monoisotopic (exact) mass is 314 g/mol. The van der Waals surface area contributed by atoms with Crippen molar-refractivity contribution in [1.82, 2.24) is 0 Å². The van der Waals surface area contributed by atoms with Gasteiger partial charge in [-0.05, 0) is 0 Å². The third kappa shape index (κ3) is 3.73. The molecule has 0 radical (unpaired) electrons. The second-order valence-electron chi connectivity index (χ2n) is 5.63. The van der Waals surface area contributed by atoms with Crippen molar-refractivity contribution in [2.45, 2.75) is 32.9 Å². The molecule has 100 valence electrons. The molecule has 19 heavy (non-hydrogen) atoms. The fourth-order valence-corrected chi connectivity index (χ4v) is 7.95. The molecule has 2 aromatic carbocycles. The van der Waals surface area contributed by atoms with Crippen LogP contribution in [0.1, 0.15) is 25.0 Å². The van der Waals surface area contributed by atoms with Crippen molar-refractivity contribution in [3.8, 4) is 0 Å². The van der Waals surface area contributed by atoms with Gasteiger partial charge >= 0.3 is 122 Å². The van der Waals surface area contributed by atoms with E-state index < -0.39 is 14.7 Å². The first-order chi connectivity index (χ1) is 9.08. The molecule has 0 saturated carbocycles. The Morgan fingerprint density at radius 2 is 1.53 bits per heavy atom. The van der Waals surface area contributed by atoms with Gasteiger partial charge in [0.25, 0.3) is 0 Å². The van der Waals surface area contributed by atoms with Crippen LogP contribution < -0.4 is 8.70 Å². The van der Waals surface area contributed by atoms with E-state index in [2.05, 4.69) is 76.2 Å². The number of rotatable bonds is 4. The SMILES string of the molecule is Cc1ccc([As](CC(C)C)c2ccccc2C)cc1. The van der Waals surface area contributed by atoms with E-state index >= 15 is 0 Å². The summed E-state index contributed by atoms with van der Waals surface area (Å²) in [6.07, 6.45) is 0. The fourth-order valence-electron chi connectivity index (χ4n) is 2.30. The van der Waals surface area contributed by atoms with Crippen molar-refractivity contribution in [2.24, 2.45) is 5.92 Å². The van der Waals surface area contributed by atoms with Crippen molar-refractivity contribution in [3.05, 3.63) is 59.7 Å². The molecule has 0 aromatic heterocycles. The van der Waals surface area contributed by atoms with Crippen molar-refractivity contribution in [3.63, 3.8) is 0 Å². The topological polar surface area (TPSA) is 0 Å². The first-order valence-corrected chi connectivity index (χ1v) is 10.2. The molecule has 1 heteroatoms. The van der Waals surface area contributed by atoms with Crippen molar-refractivity contribution < 1.29 is 0 Å². The number of aryl methyl sites for hydroxylation is 2. The number of benzene rings is 2. The molecule has 2 aromatic rings. The van der Waals surface area contributed by atoms with E-state index in [4.69, 9.17) is 0 Å². The Morgan fingerprint density at radius 1 is 0.895 bits per heavy atom. The van der Waals surface area contributed by atoms with Crippen LogP contribution >= 0.6 is 0 Å². The summed E-state index contributed by atoms with van der Waals surface area (Å²) in [6.45, 7) is 9.10. The summed E-state index contributed by atoms with van der Waals surface area (Å²) in [5, 5.41) is 1.35. The molecule has 0 amide bonds. The Bertz CT molecular complexity index is 526. The number of hydrogen-bond donors (Lipinski definition) is 0. The molecule has 1 unspecified atom stereocenters. The Balaban J connectivity index is 2.41. The van der Waals surface area contributed by atoms with Crippen LogP contribution in [0, 0.1) is 19.8 Å². The second-order valence-corrected chi connectivity index (χ2v) is 10.3. The molecule has 0 nitrogen and oxygen atoms in total. The third-order valence-corrected chi connectivity index (χ3v) is 9.80. The molecular formula is C18H23As. The molecule has 0 spiro atoms. The summed E-state index contributed by atoms with van der Waals surface area (Å²) < 4.78 is 3.20. The molecule has 0 aliphatic carbocycles. The summed E-state index contributed by atoms with van der Waals surface area (Å²) in [4.78, 5) is 0. The summed E-state index contributed by atoms with van der Waals surface area (Å²) in [5.74, 6) is 0.765. The van der Waals surface area contributed by atoms with E-state index in [1.165, 1.54) is 16.3 Å². The molecular weight excluding hydrogens is 291 g/mol. The zero-order valence-corrected chi connectivity index (χ0v) is 14.2. The molecule has 0 bridgehead atoms. The van der Waals surface area contributed by atoms with Crippen LogP contribution in [-0.2, 0) is 0 Å². The van der Waals surface area contributed by atoms with Crippen LogP contribution in [0.5, 0.6) is 0 Å². The van der Waals surface area contributed by atoms with E-state index in [0.717, 1.165) is 5.92 Å². The van der Waals surface area contributed by atoms with Crippen LogP contribution in [0.2, 0.25) is 5.21 Å².